The van der Waals surface area contributed by atoms with Crippen LogP contribution in [0.3, 0.4) is 0 Å². The van der Waals surface area contributed by atoms with E-state index in [0.717, 1.165) is 10.6 Å². The van der Waals surface area contributed by atoms with E-state index < -0.39 is 5.41 Å². The van der Waals surface area contributed by atoms with Crippen molar-refractivity contribution in [3.05, 3.63) is 35.5 Å². The molecule has 102 valence electrons. The minimum Gasteiger partial charge on any atom is -0.344 e. The van der Waals surface area contributed by atoms with Gasteiger partial charge in [-0.3, -0.25) is 4.79 Å². The zero-order valence-electron chi connectivity index (χ0n) is 11.6. The molecule has 0 spiro atoms. The van der Waals surface area contributed by atoms with Gasteiger partial charge in [-0.25, -0.2) is 9.97 Å². The van der Waals surface area contributed by atoms with Gasteiger partial charge in [0.2, 0.25) is 0 Å². The highest BCUT2D eigenvalue weighted by molar-refractivity contribution is 7.13. The number of thiophene rings is 1. The topological polar surface area (TPSA) is 58.6 Å². The third-order valence-corrected chi connectivity index (χ3v) is 3.97. The lowest BCUT2D eigenvalue weighted by Crippen LogP contribution is -2.20. The van der Waals surface area contributed by atoms with Crippen molar-refractivity contribution < 1.29 is 4.79 Å². The van der Waals surface area contributed by atoms with Gasteiger partial charge in [-0.15, -0.1) is 11.3 Å². The van der Waals surface area contributed by atoms with Gasteiger partial charge in [0.05, 0.1) is 22.3 Å². The van der Waals surface area contributed by atoms with Crippen molar-refractivity contribution in [2.45, 2.75) is 20.8 Å². The Morgan fingerprint density at radius 3 is 2.80 bits per heavy atom. The molecule has 3 rings (SSSR count). The average molecular weight is 285 g/mol. The van der Waals surface area contributed by atoms with Gasteiger partial charge in [-0.2, -0.15) is 0 Å². The molecule has 0 aromatic carbocycles. The SMILES string of the molecule is CC(C)(C)C(=O)c1c[nH]c2ncc(-c3cccs3)nc12. The number of Topliss-reactive ketones (excluding diaryl/α,β-unsaturated/α-hetero) is 1. The maximum atomic E-state index is 12.5. The molecule has 0 saturated heterocycles. The number of nitrogens with zero attached hydrogens (tertiary/aromatic N) is 2. The fourth-order valence-corrected chi connectivity index (χ4v) is 2.69. The zero-order chi connectivity index (χ0) is 14.3. The number of nitrogens with one attached hydrogen (secondary N) is 1. The van der Waals surface area contributed by atoms with Crippen molar-refractivity contribution in [1.29, 1.82) is 0 Å². The van der Waals surface area contributed by atoms with E-state index in [0.29, 0.717) is 16.7 Å². The van der Waals surface area contributed by atoms with Crippen molar-refractivity contribution in [1.82, 2.24) is 15.0 Å². The van der Waals surface area contributed by atoms with Gasteiger partial charge < -0.3 is 4.98 Å². The van der Waals surface area contributed by atoms with E-state index in [4.69, 9.17) is 0 Å². The summed E-state index contributed by atoms with van der Waals surface area (Å²) in [5, 5.41) is 2.00. The molecule has 4 nitrogen and oxygen atoms in total. The summed E-state index contributed by atoms with van der Waals surface area (Å²) in [6.45, 7) is 5.72. The molecule has 0 aliphatic rings. The predicted octanol–water partition coefficient (Wildman–Crippen LogP) is 3.92. The van der Waals surface area contributed by atoms with Crippen LogP contribution in [0.1, 0.15) is 31.1 Å². The molecular weight excluding hydrogens is 270 g/mol. The molecule has 0 unspecified atom stereocenters. The van der Waals surface area contributed by atoms with E-state index in [9.17, 15) is 4.79 Å². The second-order valence-corrected chi connectivity index (χ2v) is 6.66. The number of rotatable bonds is 2. The first-order valence-corrected chi connectivity index (χ1v) is 7.27. The molecule has 3 aromatic heterocycles. The first-order valence-electron chi connectivity index (χ1n) is 6.39. The molecule has 0 saturated carbocycles. The number of aromatic nitrogens is 3. The van der Waals surface area contributed by atoms with Crippen molar-refractivity contribution in [2.24, 2.45) is 5.41 Å². The Kier molecular flexibility index (Phi) is 2.94. The Balaban J connectivity index is 2.16. The molecule has 3 aromatic rings. The minimum absolute atomic E-state index is 0.0707. The molecule has 0 aliphatic heterocycles. The summed E-state index contributed by atoms with van der Waals surface area (Å²) >= 11 is 1.61. The van der Waals surface area contributed by atoms with Crippen LogP contribution in [0.2, 0.25) is 0 Å². The van der Waals surface area contributed by atoms with E-state index in [2.05, 4.69) is 15.0 Å². The number of carbonyl (C=O) groups is 1. The number of ketones is 1. The third kappa shape index (κ3) is 2.14. The average Bonchev–Trinajstić information content (AvgIpc) is 3.05. The highest BCUT2D eigenvalue weighted by Crippen LogP contribution is 2.28. The maximum Gasteiger partial charge on any atom is 0.171 e. The second kappa shape index (κ2) is 4.52. The van der Waals surface area contributed by atoms with Gasteiger partial charge in [0.1, 0.15) is 5.52 Å². The number of fused-ring (bicyclic) bond motifs is 1. The molecule has 0 bridgehead atoms. The van der Waals surface area contributed by atoms with Crippen molar-refractivity contribution in [3.63, 3.8) is 0 Å². The normalized spacial score (nSPS) is 11.9. The fraction of sp³-hybridized carbons (Fsp3) is 0.267. The van der Waals surface area contributed by atoms with Crippen LogP contribution >= 0.6 is 11.3 Å². The predicted molar refractivity (Wildman–Crippen MR) is 81.0 cm³/mol. The highest BCUT2D eigenvalue weighted by atomic mass is 32.1. The van der Waals surface area contributed by atoms with Crippen LogP contribution < -0.4 is 0 Å². The lowest BCUT2D eigenvalue weighted by Gasteiger charge is -2.15. The van der Waals surface area contributed by atoms with E-state index in [1.807, 2.05) is 38.3 Å². The van der Waals surface area contributed by atoms with Gasteiger partial charge in [-0.05, 0) is 11.4 Å². The molecule has 0 atom stereocenters. The maximum absolute atomic E-state index is 12.5. The lowest BCUT2D eigenvalue weighted by molar-refractivity contribution is 0.0860. The fourth-order valence-electron chi connectivity index (χ4n) is 2.01. The standard InChI is InChI=1S/C15H15N3OS/c1-15(2,3)13(19)9-7-16-14-12(9)18-10(8-17-14)11-5-4-6-20-11/h4-8H,1-3H3,(H,16,17). The van der Waals surface area contributed by atoms with Crippen LogP contribution in [0.4, 0.5) is 0 Å². The summed E-state index contributed by atoms with van der Waals surface area (Å²) in [4.78, 5) is 25.5. The molecular formula is C15H15N3OS. The summed E-state index contributed by atoms with van der Waals surface area (Å²) in [7, 11) is 0. The smallest absolute Gasteiger partial charge is 0.171 e. The van der Waals surface area contributed by atoms with Crippen molar-refractivity contribution in [3.8, 4) is 10.6 Å². The minimum atomic E-state index is -0.435. The van der Waals surface area contributed by atoms with E-state index in [1.165, 1.54) is 0 Å². The van der Waals surface area contributed by atoms with Crippen LogP contribution in [0.15, 0.2) is 29.9 Å². The van der Waals surface area contributed by atoms with E-state index >= 15 is 0 Å². The molecule has 0 aliphatic carbocycles. The summed E-state index contributed by atoms with van der Waals surface area (Å²) in [6, 6.07) is 3.97. The number of aromatic amines is 1. The largest absolute Gasteiger partial charge is 0.344 e. The quantitative estimate of drug-likeness (QED) is 0.726. The van der Waals surface area contributed by atoms with Gasteiger partial charge >= 0.3 is 0 Å². The summed E-state index contributed by atoms with van der Waals surface area (Å²) < 4.78 is 0. The van der Waals surface area contributed by atoms with Crippen LogP contribution in [0.25, 0.3) is 21.7 Å². The molecule has 0 radical (unpaired) electrons. The lowest BCUT2D eigenvalue weighted by atomic mass is 9.87. The van der Waals surface area contributed by atoms with Gasteiger partial charge in [0.25, 0.3) is 0 Å². The Labute approximate surface area is 120 Å². The van der Waals surface area contributed by atoms with Gasteiger partial charge in [-0.1, -0.05) is 26.8 Å². The first-order chi connectivity index (χ1) is 9.47. The van der Waals surface area contributed by atoms with Gasteiger partial charge in [0.15, 0.2) is 11.4 Å². The number of carbonyl (C=O) groups excluding carboxylic acids is 1. The monoisotopic (exact) mass is 285 g/mol. The number of hydrogen-bond acceptors (Lipinski definition) is 4. The van der Waals surface area contributed by atoms with E-state index in [1.54, 1.807) is 23.7 Å². The third-order valence-electron chi connectivity index (χ3n) is 3.08. The Bertz CT molecular complexity index is 766. The Morgan fingerprint density at radius 2 is 2.15 bits per heavy atom. The van der Waals surface area contributed by atoms with Crippen molar-refractivity contribution in [2.75, 3.05) is 0 Å². The number of H-pyrrole nitrogens is 1. The molecule has 3 heterocycles. The molecule has 0 fully saturated rings. The molecule has 1 N–H and O–H groups in total. The first kappa shape index (κ1) is 13.0. The summed E-state index contributed by atoms with van der Waals surface area (Å²) in [6.07, 6.45) is 3.44. The summed E-state index contributed by atoms with van der Waals surface area (Å²) in [5.74, 6) is 0.0707. The zero-order valence-corrected chi connectivity index (χ0v) is 12.4. The Morgan fingerprint density at radius 1 is 1.35 bits per heavy atom. The molecule has 20 heavy (non-hydrogen) atoms. The molecule has 5 heteroatoms. The van der Waals surface area contributed by atoms with Crippen molar-refractivity contribution >= 4 is 28.3 Å². The van der Waals surface area contributed by atoms with Crippen LogP contribution in [-0.4, -0.2) is 20.7 Å². The highest BCUT2D eigenvalue weighted by Gasteiger charge is 2.26. The Hall–Kier alpha value is -2.01. The summed E-state index contributed by atoms with van der Waals surface area (Å²) in [5.41, 5.74) is 2.28. The van der Waals surface area contributed by atoms with Crippen LogP contribution in [0, 0.1) is 5.41 Å². The van der Waals surface area contributed by atoms with E-state index in [-0.39, 0.29) is 5.78 Å². The van der Waals surface area contributed by atoms with Gasteiger partial charge in [0, 0.05) is 11.6 Å². The number of hydrogen-bond donors (Lipinski definition) is 1. The van der Waals surface area contributed by atoms with Crippen LogP contribution in [0.5, 0.6) is 0 Å². The molecule has 0 amide bonds. The second-order valence-electron chi connectivity index (χ2n) is 5.71. The van der Waals surface area contributed by atoms with Crippen LogP contribution in [-0.2, 0) is 0 Å².